The lowest BCUT2D eigenvalue weighted by molar-refractivity contribution is 0.0793. The number of ether oxygens (including phenoxy) is 1. The monoisotopic (exact) mass is 429 g/mol. The molecule has 1 fully saturated rings. The molecule has 6 heteroatoms. The quantitative estimate of drug-likeness (QED) is 0.623. The van der Waals surface area contributed by atoms with Crippen LogP contribution in [0.4, 0.5) is 10.5 Å². The van der Waals surface area contributed by atoms with Gasteiger partial charge in [0.05, 0.1) is 11.5 Å². The van der Waals surface area contributed by atoms with Crippen molar-refractivity contribution in [1.82, 2.24) is 9.62 Å². The van der Waals surface area contributed by atoms with Crippen molar-refractivity contribution in [1.29, 1.82) is 0 Å². The van der Waals surface area contributed by atoms with Crippen LogP contribution in [-0.4, -0.2) is 31.1 Å². The number of nitrogens with zero attached hydrogens (tertiary/aromatic N) is 1. The van der Waals surface area contributed by atoms with Crippen molar-refractivity contribution < 1.29 is 9.53 Å². The molecule has 1 heterocycles. The molecule has 0 spiro atoms. The molecular weight excluding hydrogens is 394 g/mol. The first-order chi connectivity index (χ1) is 14.6. The third kappa shape index (κ3) is 4.48. The number of urea groups is 1. The minimum absolute atomic E-state index is 0.185. The van der Waals surface area contributed by atoms with Gasteiger partial charge in [-0.1, -0.05) is 20.4 Å². The zero-order valence-corrected chi connectivity index (χ0v) is 19.6. The number of carbonyl (C=O) groups is 1. The minimum atomic E-state index is -0.185. The highest BCUT2D eigenvalue weighted by Gasteiger charge is 2.28. The first-order valence-corrected chi connectivity index (χ1v) is 12.0. The van der Waals surface area contributed by atoms with Crippen LogP contribution in [0.3, 0.4) is 0 Å². The van der Waals surface area contributed by atoms with E-state index < -0.39 is 0 Å². The van der Waals surface area contributed by atoms with Gasteiger partial charge in [-0.3, -0.25) is 4.72 Å². The first-order valence-electron chi connectivity index (χ1n) is 11.2. The Hall–Kier alpha value is -2.08. The lowest BCUT2D eigenvalue weighted by Gasteiger charge is -2.29. The molecular formula is C24H35N3O2S. The maximum Gasteiger partial charge on any atom is 0.329 e. The van der Waals surface area contributed by atoms with Crippen molar-refractivity contribution in [3.8, 4) is 0 Å². The second kappa shape index (κ2) is 10.3. The fraction of sp³-hybridized carbons (Fsp3) is 0.542. The Morgan fingerprint density at radius 1 is 1.07 bits per heavy atom. The van der Waals surface area contributed by atoms with Gasteiger partial charge >= 0.3 is 6.03 Å². The Morgan fingerprint density at radius 3 is 2.23 bits per heavy atom. The van der Waals surface area contributed by atoms with Gasteiger partial charge < -0.3 is 15.0 Å². The predicted molar refractivity (Wildman–Crippen MR) is 127 cm³/mol. The number of amides is 2. The number of rotatable bonds is 4. The summed E-state index contributed by atoms with van der Waals surface area (Å²) in [6, 6.07) is -0.185. The van der Waals surface area contributed by atoms with Crippen LogP contribution in [0.15, 0.2) is 23.4 Å². The van der Waals surface area contributed by atoms with Gasteiger partial charge in [0.15, 0.2) is 0 Å². The van der Waals surface area contributed by atoms with E-state index in [2.05, 4.69) is 28.4 Å². The third-order valence-corrected chi connectivity index (χ3v) is 6.90. The average Bonchev–Trinajstić information content (AvgIpc) is 3.44. The largest absolute Gasteiger partial charge is 0.478 e. The summed E-state index contributed by atoms with van der Waals surface area (Å²) in [5.41, 5.74) is 8.19. The summed E-state index contributed by atoms with van der Waals surface area (Å²) in [7, 11) is 2.00. The van der Waals surface area contributed by atoms with Crippen molar-refractivity contribution in [2.24, 2.45) is 0 Å². The summed E-state index contributed by atoms with van der Waals surface area (Å²) in [6.45, 7) is 11.8. The normalized spacial score (nSPS) is 18.5. The SMILES string of the molecule is C=C/C(SNC(=O)Nc1c2c(c(C)c3c1CCC3)CCC2)=C1/OCCCN1C.CC. The Kier molecular flexibility index (Phi) is 7.75. The van der Waals surface area contributed by atoms with Crippen LogP contribution in [0, 0.1) is 6.92 Å². The van der Waals surface area contributed by atoms with Crippen molar-refractivity contribution in [2.75, 3.05) is 25.5 Å². The molecule has 1 saturated heterocycles. The van der Waals surface area contributed by atoms with E-state index in [1.54, 1.807) is 6.08 Å². The fourth-order valence-corrected chi connectivity index (χ4v) is 5.38. The Morgan fingerprint density at radius 2 is 1.67 bits per heavy atom. The molecule has 1 aromatic carbocycles. The van der Waals surface area contributed by atoms with Gasteiger partial charge in [-0.2, -0.15) is 0 Å². The summed E-state index contributed by atoms with van der Waals surface area (Å²) >= 11 is 1.26. The van der Waals surface area contributed by atoms with E-state index in [1.807, 2.05) is 20.9 Å². The molecule has 0 bridgehead atoms. The van der Waals surface area contributed by atoms with Gasteiger partial charge in [0.25, 0.3) is 0 Å². The number of nitrogens with one attached hydrogen (secondary N) is 2. The maximum absolute atomic E-state index is 12.7. The smallest absolute Gasteiger partial charge is 0.329 e. The molecule has 4 rings (SSSR count). The zero-order valence-electron chi connectivity index (χ0n) is 18.8. The van der Waals surface area contributed by atoms with Crippen molar-refractivity contribution in [3.05, 3.63) is 51.3 Å². The van der Waals surface area contributed by atoms with Crippen LogP contribution in [0.1, 0.15) is 60.9 Å². The lowest BCUT2D eigenvalue weighted by atomic mass is 9.93. The average molecular weight is 430 g/mol. The van der Waals surface area contributed by atoms with Crippen LogP contribution >= 0.6 is 11.9 Å². The van der Waals surface area contributed by atoms with Gasteiger partial charge in [-0.15, -0.1) is 0 Å². The Bertz CT molecular complexity index is 812. The summed E-state index contributed by atoms with van der Waals surface area (Å²) in [5.74, 6) is 0.781. The topological polar surface area (TPSA) is 53.6 Å². The van der Waals surface area contributed by atoms with Gasteiger partial charge in [0.1, 0.15) is 0 Å². The standard InChI is InChI=1S/C22H29N3O2S.C2H6/c1-4-19(21-25(3)12-7-13-27-21)28-24-22(26)23-20-17-10-5-8-15(17)14(2)16-9-6-11-18(16)20;1-2/h4H,1,5-13H2,2-3H3,(H2,23,24,26);1-2H3/b21-19-;. The van der Waals surface area contributed by atoms with E-state index in [0.717, 1.165) is 55.1 Å². The van der Waals surface area contributed by atoms with Crippen LogP contribution in [0.5, 0.6) is 0 Å². The number of hydrogen-bond acceptors (Lipinski definition) is 4. The maximum atomic E-state index is 12.7. The zero-order chi connectivity index (χ0) is 21.7. The number of anilines is 1. The first kappa shape index (κ1) is 22.6. The number of carbonyl (C=O) groups excluding carboxylic acids is 1. The van der Waals surface area contributed by atoms with Crippen LogP contribution in [-0.2, 0) is 30.4 Å². The van der Waals surface area contributed by atoms with Gasteiger partial charge in [0.2, 0.25) is 5.88 Å². The molecule has 5 nitrogen and oxygen atoms in total. The van der Waals surface area contributed by atoms with E-state index in [1.165, 1.54) is 52.6 Å². The molecule has 1 aromatic rings. The van der Waals surface area contributed by atoms with E-state index in [4.69, 9.17) is 4.74 Å². The molecule has 0 aromatic heterocycles. The molecule has 2 aliphatic carbocycles. The highest BCUT2D eigenvalue weighted by Crippen LogP contribution is 2.41. The molecule has 0 saturated carbocycles. The van der Waals surface area contributed by atoms with Gasteiger partial charge in [-0.25, -0.2) is 4.79 Å². The minimum Gasteiger partial charge on any atom is -0.478 e. The molecule has 0 unspecified atom stereocenters. The molecule has 164 valence electrons. The summed E-state index contributed by atoms with van der Waals surface area (Å²) in [5, 5.41) is 3.18. The predicted octanol–water partition coefficient (Wildman–Crippen LogP) is 5.48. The number of fused-ring (bicyclic) bond motifs is 2. The summed E-state index contributed by atoms with van der Waals surface area (Å²) < 4.78 is 8.70. The summed E-state index contributed by atoms with van der Waals surface area (Å²) in [4.78, 5) is 15.6. The van der Waals surface area contributed by atoms with E-state index in [0.29, 0.717) is 6.61 Å². The van der Waals surface area contributed by atoms with Crippen molar-refractivity contribution in [2.45, 2.75) is 65.7 Å². The number of allylic oxidation sites excluding steroid dienone is 1. The Balaban J connectivity index is 0.00000124. The molecule has 0 atom stereocenters. The summed E-state index contributed by atoms with van der Waals surface area (Å²) in [6.07, 6.45) is 9.50. The molecule has 2 N–H and O–H groups in total. The molecule has 0 radical (unpaired) electrons. The van der Waals surface area contributed by atoms with Crippen molar-refractivity contribution in [3.63, 3.8) is 0 Å². The second-order valence-corrected chi connectivity index (χ2v) is 8.62. The van der Waals surface area contributed by atoms with Gasteiger partial charge in [-0.05, 0) is 97.7 Å². The molecule has 3 aliphatic rings. The fourth-order valence-electron chi connectivity index (χ4n) is 4.74. The van der Waals surface area contributed by atoms with E-state index >= 15 is 0 Å². The van der Waals surface area contributed by atoms with E-state index in [-0.39, 0.29) is 6.03 Å². The molecule has 1 aliphatic heterocycles. The highest BCUT2D eigenvalue weighted by molar-refractivity contribution is 8.01. The van der Waals surface area contributed by atoms with E-state index in [9.17, 15) is 4.79 Å². The Labute approximate surface area is 185 Å². The van der Waals surface area contributed by atoms with Crippen LogP contribution in [0.25, 0.3) is 0 Å². The molecule has 30 heavy (non-hydrogen) atoms. The van der Waals surface area contributed by atoms with Gasteiger partial charge in [0, 0.05) is 19.3 Å². The number of hydrogen-bond donors (Lipinski definition) is 2. The van der Waals surface area contributed by atoms with Crippen LogP contribution in [0.2, 0.25) is 0 Å². The van der Waals surface area contributed by atoms with Crippen LogP contribution < -0.4 is 10.0 Å². The van der Waals surface area contributed by atoms with Crippen molar-refractivity contribution >= 4 is 23.7 Å². The highest BCUT2D eigenvalue weighted by atomic mass is 32.2. The molecule has 2 amide bonds. The lowest BCUT2D eigenvalue weighted by Crippen LogP contribution is -2.29. The second-order valence-electron chi connectivity index (χ2n) is 7.78. The number of benzene rings is 1. The third-order valence-electron chi connectivity index (χ3n) is 6.06.